The van der Waals surface area contributed by atoms with Gasteiger partial charge in [-0.2, -0.15) is 0 Å². The Balaban J connectivity index is 1.85. The van der Waals surface area contributed by atoms with E-state index in [2.05, 4.69) is 15.0 Å². The van der Waals surface area contributed by atoms with Gasteiger partial charge in [0.15, 0.2) is 5.13 Å². The number of rotatable bonds is 8. The molecule has 0 aliphatic carbocycles. The number of nitrogens with two attached hydrogens (primary N) is 1. The molecule has 0 radical (unpaired) electrons. The largest absolute Gasteiger partial charge is 0.369 e. The maximum Gasteiger partial charge on any atom is 0.242 e. The lowest BCUT2D eigenvalue weighted by atomic mass is 10.3. The molecular weight excluding hydrogens is 388 g/mol. The molecule has 0 saturated carbocycles. The minimum atomic E-state index is -3.80. The molecule has 0 spiro atoms. The minimum Gasteiger partial charge on any atom is -0.369 e. The van der Waals surface area contributed by atoms with Crippen molar-refractivity contribution in [3.05, 3.63) is 40.4 Å². The number of hydrogen-bond acceptors (Lipinski definition) is 6. The number of halogens is 1. The first-order valence-electron chi connectivity index (χ1n) is 7.04. The van der Waals surface area contributed by atoms with Gasteiger partial charge in [0, 0.05) is 18.3 Å². The van der Waals surface area contributed by atoms with Crippen molar-refractivity contribution in [2.45, 2.75) is 17.7 Å². The minimum absolute atomic E-state index is 0.00992. The molecule has 134 valence electrons. The zero-order valence-corrected chi connectivity index (χ0v) is 15.2. The summed E-state index contributed by atoms with van der Waals surface area (Å²) in [5.41, 5.74) is 5.53. The average Bonchev–Trinajstić information content (AvgIpc) is 2.93. The highest BCUT2D eigenvalue weighted by Gasteiger charge is 2.17. The molecule has 0 atom stereocenters. The third kappa shape index (κ3) is 5.78. The van der Waals surface area contributed by atoms with Crippen molar-refractivity contribution in [3.63, 3.8) is 0 Å². The smallest absolute Gasteiger partial charge is 0.242 e. The number of aromatic nitrogens is 1. The topological polar surface area (TPSA) is 131 Å². The number of thiazole rings is 1. The van der Waals surface area contributed by atoms with Crippen LogP contribution in [0.2, 0.25) is 5.02 Å². The second-order valence-corrected chi connectivity index (χ2v) is 7.91. The molecular formula is C14H15ClN4O4S2. The number of anilines is 1. The number of carbonyl (C=O) groups is 2. The molecule has 2 rings (SSSR count). The Labute approximate surface area is 153 Å². The summed E-state index contributed by atoms with van der Waals surface area (Å²) in [5.74, 6) is -0.931. The van der Waals surface area contributed by atoms with Gasteiger partial charge in [-0.3, -0.25) is 9.59 Å². The number of hydrogen-bond donors (Lipinski definition) is 3. The molecule has 11 heteroatoms. The van der Waals surface area contributed by atoms with Crippen LogP contribution in [0.4, 0.5) is 5.13 Å². The van der Waals surface area contributed by atoms with Gasteiger partial charge in [-0.15, -0.1) is 11.3 Å². The molecule has 0 fully saturated rings. The van der Waals surface area contributed by atoms with Crippen molar-refractivity contribution in [2.24, 2.45) is 5.73 Å². The lowest BCUT2D eigenvalue weighted by Crippen LogP contribution is -2.28. The van der Waals surface area contributed by atoms with E-state index in [1.165, 1.54) is 12.1 Å². The van der Waals surface area contributed by atoms with Crippen molar-refractivity contribution < 1.29 is 18.0 Å². The molecule has 4 N–H and O–H groups in total. The lowest BCUT2D eigenvalue weighted by Gasteiger charge is -2.08. The normalized spacial score (nSPS) is 11.2. The number of sulfonamides is 1. The fourth-order valence-electron chi connectivity index (χ4n) is 1.85. The van der Waals surface area contributed by atoms with E-state index in [4.69, 9.17) is 17.3 Å². The van der Waals surface area contributed by atoms with Gasteiger partial charge in [0.05, 0.1) is 17.1 Å². The van der Waals surface area contributed by atoms with Crippen LogP contribution >= 0.6 is 22.9 Å². The van der Waals surface area contributed by atoms with Crippen LogP contribution in [0, 0.1) is 0 Å². The molecule has 2 aromatic rings. The van der Waals surface area contributed by atoms with Crippen LogP contribution in [0.3, 0.4) is 0 Å². The molecule has 1 aromatic carbocycles. The maximum atomic E-state index is 12.1. The van der Waals surface area contributed by atoms with Gasteiger partial charge in [0.2, 0.25) is 21.8 Å². The van der Waals surface area contributed by atoms with Crippen LogP contribution < -0.4 is 15.8 Å². The Hall–Kier alpha value is -2.01. The van der Waals surface area contributed by atoms with E-state index in [9.17, 15) is 18.0 Å². The van der Waals surface area contributed by atoms with Crippen LogP contribution in [0.15, 0.2) is 34.5 Å². The molecule has 1 heterocycles. The summed E-state index contributed by atoms with van der Waals surface area (Å²) in [6, 6.07) is 6.02. The van der Waals surface area contributed by atoms with Crippen molar-refractivity contribution in [1.29, 1.82) is 0 Å². The van der Waals surface area contributed by atoms with Crippen LogP contribution in [-0.2, 0) is 26.0 Å². The number of nitrogens with zero attached hydrogens (tertiary/aromatic N) is 1. The fourth-order valence-corrected chi connectivity index (χ4v) is 4.12. The predicted molar refractivity (Wildman–Crippen MR) is 94.9 cm³/mol. The van der Waals surface area contributed by atoms with Crippen molar-refractivity contribution in [2.75, 3.05) is 11.9 Å². The zero-order valence-electron chi connectivity index (χ0n) is 12.9. The van der Waals surface area contributed by atoms with E-state index < -0.39 is 21.8 Å². The second-order valence-electron chi connectivity index (χ2n) is 4.91. The highest BCUT2D eigenvalue weighted by Crippen LogP contribution is 2.20. The van der Waals surface area contributed by atoms with E-state index in [1.807, 2.05) is 0 Å². The van der Waals surface area contributed by atoms with Gasteiger partial charge in [0.25, 0.3) is 0 Å². The Kier molecular flexibility index (Phi) is 6.48. The number of primary amides is 1. The Morgan fingerprint density at radius 2 is 2.00 bits per heavy atom. The first-order chi connectivity index (χ1) is 11.8. The van der Waals surface area contributed by atoms with E-state index in [-0.39, 0.29) is 29.3 Å². The quantitative estimate of drug-likeness (QED) is 0.609. The van der Waals surface area contributed by atoms with Crippen molar-refractivity contribution in [3.8, 4) is 0 Å². The Morgan fingerprint density at radius 3 is 2.68 bits per heavy atom. The SMILES string of the molecule is NC(=O)Cc1csc(NC(=O)CCNS(=O)(=O)c2ccccc2Cl)n1. The number of benzene rings is 1. The molecule has 0 aliphatic rings. The summed E-state index contributed by atoms with van der Waals surface area (Å²) in [5, 5.41) is 4.56. The number of carbonyl (C=O) groups excluding carboxylic acids is 2. The molecule has 25 heavy (non-hydrogen) atoms. The van der Waals surface area contributed by atoms with Crippen molar-refractivity contribution >= 4 is 49.9 Å². The summed E-state index contributed by atoms with van der Waals surface area (Å²) >= 11 is 7.01. The van der Waals surface area contributed by atoms with Crippen molar-refractivity contribution in [1.82, 2.24) is 9.71 Å². The third-order valence-electron chi connectivity index (χ3n) is 2.92. The van der Waals surface area contributed by atoms with Gasteiger partial charge >= 0.3 is 0 Å². The average molecular weight is 403 g/mol. The Morgan fingerprint density at radius 1 is 1.28 bits per heavy atom. The molecule has 0 saturated heterocycles. The van der Waals surface area contributed by atoms with E-state index in [0.29, 0.717) is 10.8 Å². The van der Waals surface area contributed by atoms with Crippen LogP contribution in [0.1, 0.15) is 12.1 Å². The van der Waals surface area contributed by atoms with Gasteiger partial charge < -0.3 is 11.1 Å². The molecule has 1 aromatic heterocycles. The van der Waals surface area contributed by atoms with Crippen LogP contribution in [-0.4, -0.2) is 31.8 Å². The molecule has 0 bridgehead atoms. The summed E-state index contributed by atoms with van der Waals surface area (Å²) in [6.45, 7) is -0.0983. The van der Waals surface area contributed by atoms with E-state index in [1.54, 1.807) is 17.5 Å². The van der Waals surface area contributed by atoms with E-state index in [0.717, 1.165) is 11.3 Å². The zero-order chi connectivity index (χ0) is 18.4. The number of amides is 2. The van der Waals surface area contributed by atoms with Crippen LogP contribution in [0.25, 0.3) is 0 Å². The fraction of sp³-hybridized carbons (Fsp3) is 0.214. The highest BCUT2D eigenvalue weighted by atomic mass is 35.5. The first-order valence-corrected chi connectivity index (χ1v) is 9.79. The summed E-state index contributed by atoms with van der Waals surface area (Å²) in [4.78, 5) is 26.6. The maximum absolute atomic E-state index is 12.1. The predicted octanol–water partition coefficient (Wildman–Crippen LogP) is 1.13. The molecule has 0 unspecified atom stereocenters. The highest BCUT2D eigenvalue weighted by molar-refractivity contribution is 7.89. The molecule has 2 amide bonds. The third-order valence-corrected chi connectivity index (χ3v) is 5.69. The molecule has 0 aliphatic heterocycles. The molecule has 8 nitrogen and oxygen atoms in total. The summed E-state index contributed by atoms with van der Waals surface area (Å²) in [7, 11) is -3.80. The standard InChI is InChI=1S/C14H15ClN4O4S2/c15-10-3-1-2-4-11(10)25(22,23)17-6-5-13(21)19-14-18-9(8-24-14)7-12(16)20/h1-4,8,17H,5-7H2,(H2,16,20)(H,18,19,21). The number of nitrogens with one attached hydrogen (secondary N) is 2. The van der Waals surface area contributed by atoms with Gasteiger partial charge in [-0.1, -0.05) is 23.7 Å². The van der Waals surface area contributed by atoms with Gasteiger partial charge in [0.1, 0.15) is 4.90 Å². The second kappa shape index (κ2) is 8.39. The van der Waals surface area contributed by atoms with Crippen LogP contribution in [0.5, 0.6) is 0 Å². The Bertz CT molecular complexity index is 882. The summed E-state index contributed by atoms with van der Waals surface area (Å²) in [6.07, 6.45) is -0.0988. The summed E-state index contributed by atoms with van der Waals surface area (Å²) < 4.78 is 26.5. The van der Waals surface area contributed by atoms with Gasteiger partial charge in [-0.25, -0.2) is 18.1 Å². The van der Waals surface area contributed by atoms with Gasteiger partial charge in [-0.05, 0) is 12.1 Å². The first kappa shape index (κ1) is 19.3. The monoisotopic (exact) mass is 402 g/mol. The lowest BCUT2D eigenvalue weighted by molar-refractivity contribution is -0.117. The van der Waals surface area contributed by atoms with E-state index >= 15 is 0 Å².